The zero-order valence-electron chi connectivity index (χ0n) is 9.97. The monoisotopic (exact) mass is 269 g/mol. The number of halogens is 2. The summed E-state index contributed by atoms with van der Waals surface area (Å²) < 4.78 is 0. The van der Waals surface area contributed by atoms with Gasteiger partial charge in [0.1, 0.15) is 0 Å². The van der Waals surface area contributed by atoms with Crippen LogP contribution in [0.25, 0.3) is 5.57 Å². The minimum Gasteiger partial charge on any atom is -0.314 e. The van der Waals surface area contributed by atoms with Crippen molar-refractivity contribution in [3.63, 3.8) is 0 Å². The summed E-state index contributed by atoms with van der Waals surface area (Å²) in [5.74, 6) is 0. The summed E-state index contributed by atoms with van der Waals surface area (Å²) in [4.78, 5) is 0. The molecule has 2 rings (SSSR count). The van der Waals surface area contributed by atoms with Crippen LogP contribution < -0.4 is 5.32 Å². The van der Waals surface area contributed by atoms with Crippen LogP contribution in [0.5, 0.6) is 0 Å². The third-order valence-electron chi connectivity index (χ3n) is 2.96. The maximum Gasteiger partial charge on any atom is 0.0481 e. The summed E-state index contributed by atoms with van der Waals surface area (Å²) in [6.45, 7) is 3.12. The predicted octanol–water partition coefficient (Wildman–Crippen LogP) is 4.54. The highest BCUT2D eigenvalue weighted by Gasteiger charge is 2.19. The van der Waals surface area contributed by atoms with E-state index in [1.807, 2.05) is 18.2 Å². The summed E-state index contributed by atoms with van der Waals surface area (Å²) in [6.07, 6.45) is 5.92. The van der Waals surface area contributed by atoms with E-state index in [2.05, 4.69) is 18.3 Å². The second kappa shape index (κ2) is 5.90. The van der Waals surface area contributed by atoms with Gasteiger partial charge in [-0.15, -0.1) is 0 Å². The molecule has 0 aromatic heterocycles. The highest BCUT2D eigenvalue weighted by Crippen LogP contribution is 2.27. The quantitative estimate of drug-likeness (QED) is 0.774. The van der Waals surface area contributed by atoms with Gasteiger partial charge < -0.3 is 5.32 Å². The molecule has 1 aromatic carbocycles. The van der Waals surface area contributed by atoms with Crippen LogP contribution in [0.4, 0.5) is 0 Å². The van der Waals surface area contributed by atoms with E-state index in [-0.39, 0.29) is 0 Å². The lowest BCUT2D eigenvalue weighted by molar-refractivity contribution is 0.690. The van der Waals surface area contributed by atoms with E-state index in [9.17, 15) is 0 Å². The van der Waals surface area contributed by atoms with Crippen LogP contribution in [0.3, 0.4) is 0 Å². The molecule has 0 atom stereocenters. The average molecular weight is 270 g/mol. The van der Waals surface area contributed by atoms with Gasteiger partial charge in [0, 0.05) is 16.1 Å². The van der Waals surface area contributed by atoms with E-state index in [4.69, 9.17) is 23.2 Å². The van der Waals surface area contributed by atoms with Crippen LogP contribution in [-0.4, -0.2) is 12.6 Å². The topological polar surface area (TPSA) is 12.0 Å². The first kappa shape index (κ1) is 12.9. The molecule has 1 aromatic rings. The van der Waals surface area contributed by atoms with Crippen LogP contribution in [-0.2, 0) is 0 Å². The molecule has 1 aliphatic rings. The van der Waals surface area contributed by atoms with Crippen molar-refractivity contribution in [2.24, 2.45) is 0 Å². The van der Waals surface area contributed by atoms with Gasteiger partial charge in [0.2, 0.25) is 0 Å². The Kier molecular flexibility index (Phi) is 4.49. The number of allylic oxidation sites excluding steroid dienone is 1. The van der Waals surface area contributed by atoms with E-state index in [0.717, 1.165) is 34.6 Å². The van der Waals surface area contributed by atoms with Crippen molar-refractivity contribution in [1.82, 2.24) is 5.32 Å². The lowest BCUT2D eigenvalue weighted by Gasteiger charge is -2.06. The van der Waals surface area contributed by atoms with Crippen molar-refractivity contribution in [3.8, 4) is 0 Å². The van der Waals surface area contributed by atoms with E-state index in [1.54, 1.807) is 0 Å². The summed E-state index contributed by atoms with van der Waals surface area (Å²) in [5, 5.41) is 4.98. The van der Waals surface area contributed by atoms with Gasteiger partial charge in [-0.2, -0.15) is 0 Å². The van der Waals surface area contributed by atoms with Gasteiger partial charge in [0.25, 0.3) is 0 Å². The molecule has 0 heterocycles. The predicted molar refractivity (Wildman–Crippen MR) is 75.8 cm³/mol. The van der Waals surface area contributed by atoms with Crippen LogP contribution in [0.15, 0.2) is 24.3 Å². The minimum absolute atomic E-state index is 0.730. The van der Waals surface area contributed by atoms with Crippen molar-refractivity contribution in [3.05, 3.63) is 39.9 Å². The van der Waals surface area contributed by atoms with Crippen LogP contribution in [0.2, 0.25) is 10.0 Å². The third kappa shape index (κ3) is 4.02. The summed E-state index contributed by atoms with van der Waals surface area (Å²) in [6, 6.07) is 6.36. The fraction of sp³-hybridized carbons (Fsp3) is 0.429. The van der Waals surface area contributed by atoms with Gasteiger partial charge in [0.05, 0.1) is 0 Å². The Balaban J connectivity index is 1.94. The molecule has 3 heteroatoms. The lowest BCUT2D eigenvalue weighted by atomic mass is 10.1. The molecule has 0 bridgehead atoms. The molecule has 0 saturated heterocycles. The standard InChI is InChI=1S/C14H17Cl2N/c1-10(3-2-8-17-12-5-6-12)13-9-11(15)4-7-14(13)16/h3-4,7,9,12,17H,2,5-6,8H2,1H3. The fourth-order valence-corrected chi connectivity index (χ4v) is 2.21. The maximum atomic E-state index is 6.15. The molecular weight excluding hydrogens is 253 g/mol. The number of nitrogens with one attached hydrogen (secondary N) is 1. The number of rotatable bonds is 5. The SMILES string of the molecule is CC(=CCCNC1CC1)c1cc(Cl)ccc1Cl. The third-order valence-corrected chi connectivity index (χ3v) is 3.52. The summed E-state index contributed by atoms with van der Waals surface area (Å²) in [5.41, 5.74) is 2.22. The van der Waals surface area contributed by atoms with E-state index in [1.165, 1.54) is 18.4 Å². The number of hydrogen-bond acceptors (Lipinski definition) is 1. The summed E-state index contributed by atoms with van der Waals surface area (Å²) in [7, 11) is 0. The number of hydrogen-bond donors (Lipinski definition) is 1. The molecule has 1 aliphatic carbocycles. The van der Waals surface area contributed by atoms with Crippen LogP contribution in [0, 0.1) is 0 Å². The molecule has 1 N–H and O–H groups in total. The average Bonchev–Trinajstić information content (AvgIpc) is 3.11. The second-order valence-corrected chi connectivity index (χ2v) is 5.37. The zero-order chi connectivity index (χ0) is 12.3. The first-order valence-electron chi connectivity index (χ1n) is 6.02. The Labute approximate surface area is 113 Å². The van der Waals surface area contributed by atoms with Crippen LogP contribution >= 0.6 is 23.2 Å². The summed E-state index contributed by atoms with van der Waals surface area (Å²) >= 11 is 12.1. The zero-order valence-corrected chi connectivity index (χ0v) is 11.5. The first-order valence-corrected chi connectivity index (χ1v) is 6.78. The molecule has 0 spiro atoms. The largest absolute Gasteiger partial charge is 0.314 e. The van der Waals surface area contributed by atoms with E-state index >= 15 is 0 Å². The van der Waals surface area contributed by atoms with Gasteiger partial charge in [-0.3, -0.25) is 0 Å². The van der Waals surface area contributed by atoms with E-state index < -0.39 is 0 Å². The highest BCUT2D eigenvalue weighted by atomic mass is 35.5. The second-order valence-electron chi connectivity index (χ2n) is 4.53. The van der Waals surface area contributed by atoms with Crippen molar-refractivity contribution >= 4 is 28.8 Å². The smallest absolute Gasteiger partial charge is 0.0481 e. The van der Waals surface area contributed by atoms with Gasteiger partial charge >= 0.3 is 0 Å². The van der Waals surface area contributed by atoms with Gasteiger partial charge in [-0.1, -0.05) is 29.3 Å². The van der Waals surface area contributed by atoms with Gasteiger partial charge in [-0.25, -0.2) is 0 Å². The maximum absolute atomic E-state index is 6.15. The Morgan fingerprint density at radius 2 is 2.18 bits per heavy atom. The Morgan fingerprint density at radius 1 is 1.41 bits per heavy atom. The van der Waals surface area contributed by atoms with E-state index in [0.29, 0.717) is 0 Å². The normalized spacial score (nSPS) is 16.3. The molecule has 0 amide bonds. The molecule has 1 nitrogen and oxygen atoms in total. The van der Waals surface area contributed by atoms with Crippen molar-refractivity contribution in [1.29, 1.82) is 0 Å². The molecule has 0 radical (unpaired) electrons. The fourth-order valence-electron chi connectivity index (χ4n) is 1.77. The van der Waals surface area contributed by atoms with Crippen molar-refractivity contribution < 1.29 is 0 Å². The highest BCUT2D eigenvalue weighted by molar-refractivity contribution is 6.34. The minimum atomic E-state index is 0.730. The molecule has 1 fully saturated rings. The molecule has 1 saturated carbocycles. The Bertz CT molecular complexity index is 422. The molecule has 0 unspecified atom stereocenters. The van der Waals surface area contributed by atoms with Gasteiger partial charge in [-0.05, 0) is 62.1 Å². The number of benzene rings is 1. The van der Waals surface area contributed by atoms with Crippen LogP contribution in [0.1, 0.15) is 31.7 Å². The molecule has 17 heavy (non-hydrogen) atoms. The Hall–Kier alpha value is -0.500. The Morgan fingerprint density at radius 3 is 2.88 bits per heavy atom. The van der Waals surface area contributed by atoms with Crippen molar-refractivity contribution in [2.75, 3.05) is 6.54 Å². The molecule has 92 valence electrons. The van der Waals surface area contributed by atoms with Gasteiger partial charge in [0.15, 0.2) is 0 Å². The molecular formula is C14H17Cl2N. The lowest BCUT2D eigenvalue weighted by Crippen LogP contribution is -2.16. The van der Waals surface area contributed by atoms with Crippen molar-refractivity contribution in [2.45, 2.75) is 32.2 Å². The first-order chi connectivity index (χ1) is 8.16. The molecule has 0 aliphatic heterocycles.